The molecule has 30 heavy (non-hydrogen) atoms. The standard InChI is InChI=1S/C27H23NSSi/c1-30(2,24-16-13-22(14-17-24)20-9-5-3-6-10-20)27-28-25-18-15-23(19-26(25)29-27)21-11-7-4-8-12-21/h3-19H,1-2H3. The Labute approximate surface area is 182 Å². The Balaban J connectivity index is 1.49. The van der Waals surface area contributed by atoms with Crippen molar-refractivity contribution >= 4 is 39.4 Å². The van der Waals surface area contributed by atoms with Gasteiger partial charge >= 0.3 is 0 Å². The smallest absolute Gasteiger partial charge is 0.148 e. The van der Waals surface area contributed by atoms with Crippen LogP contribution in [0.1, 0.15) is 0 Å². The van der Waals surface area contributed by atoms with E-state index in [1.165, 1.54) is 36.8 Å². The summed E-state index contributed by atoms with van der Waals surface area (Å²) in [6.45, 7) is 4.81. The Morgan fingerprint density at radius 3 is 1.77 bits per heavy atom. The minimum atomic E-state index is -1.85. The molecule has 0 unspecified atom stereocenters. The molecular weight excluding hydrogens is 398 g/mol. The van der Waals surface area contributed by atoms with Gasteiger partial charge in [0.2, 0.25) is 0 Å². The Morgan fingerprint density at radius 2 is 1.13 bits per heavy atom. The second kappa shape index (κ2) is 7.67. The van der Waals surface area contributed by atoms with Crippen LogP contribution in [0.15, 0.2) is 103 Å². The Bertz CT molecular complexity index is 1290. The van der Waals surface area contributed by atoms with Gasteiger partial charge in [0.05, 0.1) is 14.8 Å². The maximum atomic E-state index is 5.06. The van der Waals surface area contributed by atoms with Gasteiger partial charge in [-0.3, -0.25) is 0 Å². The van der Waals surface area contributed by atoms with Gasteiger partial charge in [0.25, 0.3) is 0 Å². The number of hydrogen-bond donors (Lipinski definition) is 0. The van der Waals surface area contributed by atoms with Gasteiger partial charge in [0, 0.05) is 0 Å². The van der Waals surface area contributed by atoms with Crippen molar-refractivity contribution in [1.29, 1.82) is 0 Å². The van der Waals surface area contributed by atoms with Gasteiger partial charge in [0.15, 0.2) is 0 Å². The molecule has 1 aromatic heterocycles. The predicted octanol–water partition coefficient (Wildman–Crippen LogP) is 6.45. The summed E-state index contributed by atoms with van der Waals surface area (Å²) in [6.07, 6.45) is 0. The average Bonchev–Trinajstić information content (AvgIpc) is 3.25. The molecule has 0 fully saturated rings. The normalized spacial score (nSPS) is 11.7. The molecule has 1 heterocycles. The molecular formula is C27H23NSSi. The molecule has 0 saturated carbocycles. The van der Waals surface area contributed by atoms with E-state index in [1.807, 2.05) is 11.3 Å². The zero-order chi connectivity index (χ0) is 20.6. The Hall–Kier alpha value is -3.01. The fraction of sp³-hybridized carbons (Fsp3) is 0.0741. The van der Waals surface area contributed by atoms with E-state index in [4.69, 9.17) is 4.98 Å². The van der Waals surface area contributed by atoms with Crippen molar-refractivity contribution in [3.05, 3.63) is 103 Å². The van der Waals surface area contributed by atoms with Gasteiger partial charge in [-0.2, -0.15) is 0 Å². The maximum Gasteiger partial charge on any atom is 0.148 e. The number of fused-ring (bicyclic) bond motifs is 1. The number of nitrogens with zero attached hydrogens (tertiary/aromatic N) is 1. The highest BCUT2D eigenvalue weighted by atomic mass is 32.1. The Morgan fingerprint density at radius 1 is 0.600 bits per heavy atom. The van der Waals surface area contributed by atoms with Gasteiger partial charge in [0.1, 0.15) is 8.07 Å². The van der Waals surface area contributed by atoms with Gasteiger partial charge in [-0.05, 0) is 34.4 Å². The maximum absolute atomic E-state index is 5.06. The summed E-state index contributed by atoms with van der Waals surface area (Å²) >= 11 is 1.86. The van der Waals surface area contributed by atoms with Crippen LogP contribution in [0.2, 0.25) is 13.1 Å². The summed E-state index contributed by atoms with van der Waals surface area (Å²) in [4.78, 5) is 5.06. The number of hydrogen-bond acceptors (Lipinski definition) is 2. The lowest BCUT2D eigenvalue weighted by molar-refractivity contribution is 1.52. The first-order valence-corrected chi connectivity index (χ1v) is 14.1. The summed E-state index contributed by atoms with van der Waals surface area (Å²) in [5.74, 6) is 0. The number of benzene rings is 4. The van der Waals surface area contributed by atoms with Crippen molar-refractivity contribution in [2.45, 2.75) is 13.1 Å². The van der Waals surface area contributed by atoms with Crippen LogP contribution in [0.5, 0.6) is 0 Å². The van der Waals surface area contributed by atoms with Gasteiger partial charge in [-0.15, -0.1) is 11.3 Å². The number of thiazole rings is 1. The van der Waals surface area contributed by atoms with E-state index >= 15 is 0 Å². The topological polar surface area (TPSA) is 12.9 Å². The van der Waals surface area contributed by atoms with Crippen LogP contribution < -0.4 is 9.82 Å². The number of aromatic nitrogens is 1. The largest absolute Gasteiger partial charge is 0.246 e. The molecule has 0 N–H and O–H groups in total. The lowest BCUT2D eigenvalue weighted by atomic mass is 10.1. The van der Waals surface area contributed by atoms with E-state index in [1.54, 1.807) is 0 Å². The molecule has 0 saturated heterocycles. The quantitative estimate of drug-likeness (QED) is 0.304. The van der Waals surface area contributed by atoms with Crippen molar-refractivity contribution in [2.24, 2.45) is 0 Å². The van der Waals surface area contributed by atoms with Crippen molar-refractivity contribution in [1.82, 2.24) is 4.98 Å². The van der Waals surface area contributed by atoms with Crippen LogP contribution in [-0.4, -0.2) is 13.1 Å². The fourth-order valence-electron chi connectivity index (χ4n) is 3.84. The first-order valence-electron chi connectivity index (χ1n) is 10.2. The lowest BCUT2D eigenvalue weighted by Gasteiger charge is -2.20. The summed E-state index contributed by atoms with van der Waals surface area (Å²) in [7, 11) is -1.85. The van der Waals surface area contributed by atoms with E-state index in [-0.39, 0.29) is 0 Å². The van der Waals surface area contributed by atoms with E-state index < -0.39 is 8.07 Å². The fourth-order valence-corrected chi connectivity index (χ4v) is 7.94. The van der Waals surface area contributed by atoms with Crippen molar-refractivity contribution in [2.75, 3.05) is 0 Å². The average molecular weight is 422 g/mol. The molecule has 0 aliphatic rings. The second-order valence-electron chi connectivity index (χ2n) is 8.14. The monoisotopic (exact) mass is 421 g/mol. The van der Waals surface area contributed by atoms with E-state index in [0.717, 1.165) is 5.52 Å². The molecule has 0 bridgehead atoms. The minimum Gasteiger partial charge on any atom is -0.246 e. The highest BCUT2D eigenvalue weighted by Crippen LogP contribution is 2.27. The van der Waals surface area contributed by atoms with E-state index in [2.05, 4.69) is 116 Å². The molecule has 0 atom stereocenters. The highest BCUT2D eigenvalue weighted by molar-refractivity contribution is 7.32. The van der Waals surface area contributed by atoms with Crippen molar-refractivity contribution in [3.63, 3.8) is 0 Å². The summed E-state index contributed by atoms with van der Waals surface area (Å²) in [6, 6.07) is 36.9. The molecule has 5 rings (SSSR count). The van der Waals surface area contributed by atoms with Crippen molar-refractivity contribution < 1.29 is 0 Å². The number of rotatable bonds is 4. The zero-order valence-corrected chi connectivity index (χ0v) is 19.0. The lowest BCUT2D eigenvalue weighted by Crippen LogP contribution is -2.52. The van der Waals surface area contributed by atoms with Gasteiger partial charge in [-0.1, -0.05) is 109 Å². The minimum absolute atomic E-state index is 1.11. The molecule has 0 aliphatic heterocycles. The first-order chi connectivity index (χ1) is 14.6. The van der Waals surface area contributed by atoms with Crippen LogP contribution in [0.3, 0.4) is 0 Å². The molecule has 0 spiro atoms. The van der Waals surface area contributed by atoms with Crippen LogP contribution in [0.4, 0.5) is 0 Å². The molecule has 0 radical (unpaired) electrons. The summed E-state index contributed by atoms with van der Waals surface area (Å²) < 4.78 is 2.56. The van der Waals surface area contributed by atoms with Crippen molar-refractivity contribution in [3.8, 4) is 22.3 Å². The van der Waals surface area contributed by atoms with Crippen LogP contribution >= 0.6 is 11.3 Å². The SMILES string of the molecule is C[Si](C)(c1ccc(-c2ccccc2)cc1)c1nc2ccc(-c3ccccc3)cc2s1. The van der Waals surface area contributed by atoms with Gasteiger partial charge in [-0.25, -0.2) is 4.98 Å². The third kappa shape index (κ3) is 3.51. The molecule has 5 aromatic rings. The van der Waals surface area contributed by atoms with E-state index in [9.17, 15) is 0 Å². The molecule has 4 aromatic carbocycles. The molecule has 1 nitrogen and oxygen atoms in total. The molecule has 0 aliphatic carbocycles. The van der Waals surface area contributed by atoms with E-state index in [0.29, 0.717) is 0 Å². The van der Waals surface area contributed by atoms with Crippen LogP contribution in [-0.2, 0) is 0 Å². The highest BCUT2D eigenvalue weighted by Gasteiger charge is 2.30. The van der Waals surface area contributed by atoms with Crippen LogP contribution in [0, 0.1) is 0 Å². The molecule has 146 valence electrons. The Kier molecular flexibility index (Phi) is 4.85. The summed E-state index contributed by atoms with van der Waals surface area (Å²) in [5, 5.41) is 1.42. The molecule has 0 amide bonds. The third-order valence-electron chi connectivity index (χ3n) is 5.74. The first kappa shape index (κ1) is 19.0. The van der Waals surface area contributed by atoms with Crippen LogP contribution in [0.25, 0.3) is 32.5 Å². The predicted molar refractivity (Wildman–Crippen MR) is 134 cm³/mol. The zero-order valence-electron chi connectivity index (χ0n) is 17.2. The third-order valence-corrected chi connectivity index (χ3v) is 11.4. The van der Waals surface area contributed by atoms with Gasteiger partial charge < -0.3 is 0 Å². The molecule has 3 heteroatoms. The summed E-state index contributed by atoms with van der Waals surface area (Å²) in [5.41, 5.74) is 6.14. The second-order valence-corrected chi connectivity index (χ2v) is 13.8.